The summed E-state index contributed by atoms with van der Waals surface area (Å²) < 4.78 is 7.05. The van der Waals surface area contributed by atoms with Crippen LogP contribution in [0.5, 0.6) is 5.75 Å². The van der Waals surface area contributed by atoms with Crippen molar-refractivity contribution < 1.29 is 19.4 Å². The minimum absolute atomic E-state index is 0.235. The molecule has 1 amide bonds. The predicted molar refractivity (Wildman–Crippen MR) is 82.7 cm³/mol. The van der Waals surface area contributed by atoms with Crippen LogP contribution in [0, 0.1) is 0 Å². The van der Waals surface area contributed by atoms with E-state index in [1.807, 2.05) is 4.57 Å². The lowest BCUT2D eigenvalue weighted by atomic mass is 10.1. The molecule has 1 aromatic carbocycles. The molecule has 2 aromatic rings. The van der Waals surface area contributed by atoms with Gasteiger partial charge in [0.1, 0.15) is 17.3 Å². The standard InChI is InChI=1S/C16H17N3O4/c20-15(21)10-23-12-5-3-4-11(8-12)18-16(22)13-9-17-14-6-1-2-7-19(13)14/h3-5,8-9H,1-2,6-7,10H2,(H,18,22)(H,20,21). The second-order valence-corrected chi connectivity index (χ2v) is 5.33. The SMILES string of the molecule is O=C(O)COc1cccc(NC(=O)c2cnc3n2CCCC3)c1. The van der Waals surface area contributed by atoms with E-state index < -0.39 is 12.6 Å². The van der Waals surface area contributed by atoms with Crippen molar-refractivity contribution in [3.8, 4) is 5.75 Å². The Morgan fingerprint density at radius 2 is 2.22 bits per heavy atom. The van der Waals surface area contributed by atoms with Crippen molar-refractivity contribution in [3.63, 3.8) is 0 Å². The summed E-state index contributed by atoms with van der Waals surface area (Å²) in [4.78, 5) is 27.2. The number of rotatable bonds is 5. The minimum atomic E-state index is -1.05. The van der Waals surface area contributed by atoms with Crippen molar-refractivity contribution in [2.45, 2.75) is 25.8 Å². The van der Waals surface area contributed by atoms with Crippen LogP contribution in [0.3, 0.4) is 0 Å². The third-order valence-corrected chi connectivity index (χ3v) is 3.66. The highest BCUT2D eigenvalue weighted by Crippen LogP contribution is 2.20. The monoisotopic (exact) mass is 315 g/mol. The lowest BCUT2D eigenvalue weighted by Gasteiger charge is -2.16. The maximum absolute atomic E-state index is 12.4. The molecule has 0 bridgehead atoms. The van der Waals surface area contributed by atoms with Crippen LogP contribution < -0.4 is 10.1 Å². The Labute approximate surface area is 132 Å². The van der Waals surface area contributed by atoms with E-state index in [-0.39, 0.29) is 5.91 Å². The molecule has 0 atom stereocenters. The lowest BCUT2D eigenvalue weighted by molar-refractivity contribution is -0.139. The molecule has 3 rings (SSSR count). The van der Waals surface area contributed by atoms with Crippen LogP contribution in [-0.4, -0.2) is 33.1 Å². The van der Waals surface area contributed by atoms with Gasteiger partial charge in [-0.05, 0) is 25.0 Å². The summed E-state index contributed by atoms with van der Waals surface area (Å²) in [5.74, 6) is 0.0480. The van der Waals surface area contributed by atoms with Crippen LogP contribution in [0.2, 0.25) is 0 Å². The third kappa shape index (κ3) is 3.50. The number of nitrogens with one attached hydrogen (secondary N) is 1. The first-order valence-electron chi connectivity index (χ1n) is 7.44. The summed E-state index contributed by atoms with van der Waals surface area (Å²) in [6.45, 7) is 0.382. The van der Waals surface area contributed by atoms with E-state index in [4.69, 9.17) is 9.84 Å². The number of hydrogen-bond donors (Lipinski definition) is 2. The molecular weight excluding hydrogens is 298 g/mol. The number of aliphatic carboxylic acids is 1. The number of aromatic nitrogens is 2. The molecule has 1 aromatic heterocycles. The van der Waals surface area contributed by atoms with Crippen LogP contribution in [0.1, 0.15) is 29.2 Å². The molecule has 2 heterocycles. The summed E-state index contributed by atoms with van der Waals surface area (Å²) in [6.07, 6.45) is 4.63. The molecule has 0 radical (unpaired) electrons. The average Bonchev–Trinajstić information content (AvgIpc) is 2.97. The van der Waals surface area contributed by atoms with Gasteiger partial charge < -0.3 is 19.7 Å². The Kier molecular flexibility index (Phi) is 4.27. The fraction of sp³-hybridized carbons (Fsp3) is 0.312. The zero-order valence-corrected chi connectivity index (χ0v) is 12.5. The maximum atomic E-state index is 12.4. The Morgan fingerprint density at radius 3 is 3.04 bits per heavy atom. The number of anilines is 1. The summed E-state index contributed by atoms with van der Waals surface area (Å²) in [5, 5.41) is 11.4. The second kappa shape index (κ2) is 6.51. The number of ether oxygens (including phenoxy) is 1. The molecular formula is C16H17N3O4. The molecule has 7 heteroatoms. The Balaban J connectivity index is 1.71. The maximum Gasteiger partial charge on any atom is 0.341 e. The zero-order valence-electron chi connectivity index (χ0n) is 12.5. The number of hydrogen-bond acceptors (Lipinski definition) is 4. The van der Waals surface area contributed by atoms with Crippen molar-refractivity contribution in [2.75, 3.05) is 11.9 Å². The molecule has 0 fully saturated rings. The molecule has 0 saturated carbocycles. The molecule has 23 heavy (non-hydrogen) atoms. The van der Waals surface area contributed by atoms with E-state index in [1.165, 1.54) is 0 Å². The van der Waals surface area contributed by atoms with Gasteiger partial charge in [0.25, 0.3) is 5.91 Å². The first-order valence-corrected chi connectivity index (χ1v) is 7.44. The molecule has 7 nitrogen and oxygen atoms in total. The minimum Gasteiger partial charge on any atom is -0.482 e. The van der Waals surface area contributed by atoms with Crippen LogP contribution in [0.15, 0.2) is 30.5 Å². The molecule has 120 valence electrons. The van der Waals surface area contributed by atoms with E-state index >= 15 is 0 Å². The number of carbonyl (C=O) groups excluding carboxylic acids is 1. The quantitative estimate of drug-likeness (QED) is 0.879. The van der Waals surface area contributed by atoms with Gasteiger partial charge >= 0.3 is 5.97 Å². The van der Waals surface area contributed by atoms with Gasteiger partial charge in [0.2, 0.25) is 0 Å². The number of carboxylic acids is 1. The lowest BCUT2D eigenvalue weighted by Crippen LogP contribution is -2.20. The zero-order chi connectivity index (χ0) is 16.2. The molecule has 0 spiro atoms. The van der Waals surface area contributed by atoms with Gasteiger partial charge in [-0.15, -0.1) is 0 Å². The van der Waals surface area contributed by atoms with Gasteiger partial charge in [-0.2, -0.15) is 0 Å². The van der Waals surface area contributed by atoms with E-state index in [9.17, 15) is 9.59 Å². The summed E-state index contributed by atoms with van der Waals surface area (Å²) in [7, 11) is 0. The number of aryl methyl sites for hydroxylation is 1. The number of carboxylic acid groups (broad SMARTS) is 1. The van der Waals surface area contributed by atoms with Crippen molar-refractivity contribution in [3.05, 3.63) is 42.0 Å². The summed E-state index contributed by atoms with van der Waals surface area (Å²) in [5.41, 5.74) is 1.08. The van der Waals surface area contributed by atoms with Crippen LogP contribution in [0.25, 0.3) is 0 Å². The van der Waals surface area contributed by atoms with Gasteiger partial charge in [0, 0.05) is 24.7 Å². The van der Waals surface area contributed by atoms with E-state index in [0.717, 1.165) is 31.6 Å². The number of benzene rings is 1. The van der Waals surface area contributed by atoms with Crippen LogP contribution in [0.4, 0.5) is 5.69 Å². The fourth-order valence-corrected chi connectivity index (χ4v) is 2.60. The highest BCUT2D eigenvalue weighted by molar-refractivity contribution is 6.03. The van der Waals surface area contributed by atoms with E-state index in [0.29, 0.717) is 17.1 Å². The van der Waals surface area contributed by atoms with Gasteiger partial charge in [0.05, 0.1) is 6.20 Å². The average molecular weight is 315 g/mol. The van der Waals surface area contributed by atoms with E-state index in [2.05, 4.69) is 10.3 Å². The summed E-state index contributed by atoms with van der Waals surface area (Å²) >= 11 is 0. The van der Waals surface area contributed by atoms with Crippen molar-refractivity contribution in [1.82, 2.24) is 9.55 Å². The molecule has 1 aliphatic rings. The highest BCUT2D eigenvalue weighted by atomic mass is 16.5. The Morgan fingerprint density at radius 1 is 1.35 bits per heavy atom. The van der Waals surface area contributed by atoms with Crippen molar-refractivity contribution >= 4 is 17.6 Å². The van der Waals surface area contributed by atoms with Gasteiger partial charge in [-0.25, -0.2) is 9.78 Å². The third-order valence-electron chi connectivity index (χ3n) is 3.66. The molecule has 0 saturated heterocycles. The van der Waals surface area contributed by atoms with Crippen molar-refractivity contribution in [2.24, 2.45) is 0 Å². The van der Waals surface area contributed by atoms with Gasteiger partial charge in [0.15, 0.2) is 6.61 Å². The first kappa shape index (κ1) is 15.1. The topological polar surface area (TPSA) is 93.4 Å². The molecule has 2 N–H and O–H groups in total. The van der Waals surface area contributed by atoms with Gasteiger partial charge in [-0.1, -0.05) is 6.07 Å². The van der Waals surface area contributed by atoms with Crippen molar-refractivity contribution in [1.29, 1.82) is 0 Å². The molecule has 1 aliphatic heterocycles. The number of carbonyl (C=O) groups is 2. The fourth-order valence-electron chi connectivity index (χ4n) is 2.60. The van der Waals surface area contributed by atoms with Gasteiger partial charge in [-0.3, -0.25) is 4.79 Å². The number of imidazole rings is 1. The largest absolute Gasteiger partial charge is 0.482 e. The molecule has 0 aliphatic carbocycles. The smallest absolute Gasteiger partial charge is 0.341 e. The Bertz CT molecular complexity index is 739. The molecule has 0 unspecified atom stereocenters. The highest BCUT2D eigenvalue weighted by Gasteiger charge is 2.19. The number of nitrogens with zero attached hydrogens (tertiary/aromatic N) is 2. The first-order chi connectivity index (χ1) is 11.1. The normalized spacial score (nSPS) is 13.2. The van der Waals surface area contributed by atoms with E-state index in [1.54, 1.807) is 30.5 Å². The second-order valence-electron chi connectivity index (χ2n) is 5.33. The Hall–Kier alpha value is -2.83. The predicted octanol–water partition coefficient (Wildman–Crippen LogP) is 1.94. The summed E-state index contributed by atoms with van der Waals surface area (Å²) in [6, 6.07) is 6.64. The number of amides is 1. The number of fused-ring (bicyclic) bond motifs is 1. The van der Waals surface area contributed by atoms with Crippen LogP contribution in [-0.2, 0) is 17.8 Å². The van der Waals surface area contributed by atoms with Crippen LogP contribution >= 0.6 is 0 Å².